The monoisotopic (exact) mass is 381 g/mol. The normalized spacial score (nSPS) is 21.2. The summed E-state index contributed by atoms with van der Waals surface area (Å²) in [6, 6.07) is 11.4. The van der Waals surface area contributed by atoms with E-state index in [1.807, 2.05) is 15.8 Å². The van der Waals surface area contributed by atoms with Gasteiger partial charge in [0.2, 0.25) is 0 Å². The first-order chi connectivity index (χ1) is 13.7. The molecule has 6 heteroatoms. The maximum atomic E-state index is 12.7. The van der Waals surface area contributed by atoms with E-state index in [0.29, 0.717) is 12.1 Å². The Morgan fingerprint density at radius 1 is 1.14 bits per heavy atom. The van der Waals surface area contributed by atoms with Gasteiger partial charge in [0.05, 0.1) is 12.2 Å². The van der Waals surface area contributed by atoms with Crippen LogP contribution in [0.5, 0.6) is 0 Å². The Morgan fingerprint density at radius 3 is 2.64 bits per heavy atom. The number of likely N-dealkylation sites (tertiary alicyclic amines) is 2. The topological polar surface area (TPSA) is 53.4 Å². The number of nitrogens with one attached hydrogen (secondary N) is 1. The third kappa shape index (κ3) is 4.73. The van der Waals surface area contributed by atoms with Crippen molar-refractivity contribution in [2.45, 2.75) is 44.7 Å². The van der Waals surface area contributed by atoms with Gasteiger partial charge in [0.15, 0.2) is 0 Å². The predicted molar refractivity (Wildman–Crippen MR) is 110 cm³/mol. The van der Waals surface area contributed by atoms with Gasteiger partial charge >= 0.3 is 6.03 Å². The summed E-state index contributed by atoms with van der Waals surface area (Å²) in [5, 5.41) is 7.67. The molecule has 0 aliphatic carbocycles. The van der Waals surface area contributed by atoms with E-state index < -0.39 is 0 Å². The second kappa shape index (κ2) is 8.78. The van der Waals surface area contributed by atoms with Crippen LogP contribution in [-0.4, -0.2) is 64.4 Å². The third-order valence-electron chi connectivity index (χ3n) is 6.03. The van der Waals surface area contributed by atoms with Gasteiger partial charge in [0, 0.05) is 45.0 Å². The summed E-state index contributed by atoms with van der Waals surface area (Å²) in [4.78, 5) is 17.1. The lowest BCUT2D eigenvalue weighted by atomic mass is 10.0. The zero-order chi connectivity index (χ0) is 19.3. The Balaban J connectivity index is 1.18. The highest BCUT2D eigenvalue weighted by molar-refractivity contribution is 5.74. The number of urea groups is 1. The van der Waals surface area contributed by atoms with Gasteiger partial charge in [-0.3, -0.25) is 4.68 Å². The minimum atomic E-state index is 0.0918. The quantitative estimate of drug-likeness (QED) is 0.866. The van der Waals surface area contributed by atoms with E-state index in [9.17, 15) is 4.79 Å². The lowest BCUT2D eigenvalue weighted by Crippen LogP contribution is -2.49. The van der Waals surface area contributed by atoms with Crippen molar-refractivity contribution in [1.29, 1.82) is 0 Å². The fourth-order valence-electron chi connectivity index (χ4n) is 4.27. The lowest BCUT2D eigenvalue weighted by Gasteiger charge is -2.33. The van der Waals surface area contributed by atoms with Gasteiger partial charge in [-0.05, 0) is 43.7 Å². The molecule has 0 bridgehead atoms. The Morgan fingerprint density at radius 2 is 1.93 bits per heavy atom. The molecule has 2 aromatic rings. The average molecular weight is 382 g/mol. The van der Waals surface area contributed by atoms with E-state index in [1.54, 1.807) is 0 Å². The van der Waals surface area contributed by atoms with E-state index in [-0.39, 0.29) is 6.03 Å². The predicted octanol–water partition coefficient (Wildman–Crippen LogP) is 2.86. The van der Waals surface area contributed by atoms with Crippen molar-refractivity contribution in [3.63, 3.8) is 0 Å². The number of hydrogen-bond acceptors (Lipinski definition) is 3. The number of aromatic nitrogens is 2. The molecule has 28 heavy (non-hydrogen) atoms. The van der Waals surface area contributed by atoms with E-state index in [1.165, 1.54) is 11.1 Å². The largest absolute Gasteiger partial charge is 0.335 e. The van der Waals surface area contributed by atoms with Crippen LogP contribution in [0.3, 0.4) is 0 Å². The number of carbonyl (C=O) groups excluding carboxylic acids is 1. The number of hydrogen-bond donors (Lipinski definition) is 1. The van der Waals surface area contributed by atoms with Gasteiger partial charge in [-0.2, -0.15) is 5.10 Å². The smallest absolute Gasteiger partial charge is 0.317 e. The minimum Gasteiger partial charge on any atom is -0.335 e. The maximum Gasteiger partial charge on any atom is 0.317 e. The number of carbonyl (C=O) groups is 1. The van der Waals surface area contributed by atoms with Crippen LogP contribution in [0.15, 0.2) is 42.7 Å². The van der Waals surface area contributed by atoms with Gasteiger partial charge in [-0.25, -0.2) is 4.79 Å². The second-order valence-electron chi connectivity index (χ2n) is 8.19. The first-order valence-electron chi connectivity index (χ1n) is 10.5. The molecule has 2 fully saturated rings. The third-order valence-corrected chi connectivity index (χ3v) is 6.03. The SMILES string of the molecule is Cc1cnn(C2CCN(C(=O)NC3CCN(CCc4ccccc4)CC3)C2)c1. The molecule has 2 amide bonds. The lowest BCUT2D eigenvalue weighted by molar-refractivity contribution is 0.177. The summed E-state index contributed by atoms with van der Waals surface area (Å²) < 4.78 is 2.01. The van der Waals surface area contributed by atoms with Crippen molar-refractivity contribution in [3.8, 4) is 0 Å². The number of piperidine rings is 1. The van der Waals surface area contributed by atoms with E-state index >= 15 is 0 Å². The zero-order valence-corrected chi connectivity index (χ0v) is 16.8. The van der Waals surface area contributed by atoms with Crippen molar-refractivity contribution in [3.05, 3.63) is 53.9 Å². The van der Waals surface area contributed by atoms with Crippen LogP contribution >= 0.6 is 0 Å². The number of aryl methyl sites for hydroxylation is 1. The van der Waals surface area contributed by atoms with Crippen molar-refractivity contribution in [1.82, 2.24) is 24.9 Å². The van der Waals surface area contributed by atoms with E-state index in [4.69, 9.17) is 0 Å². The van der Waals surface area contributed by atoms with Crippen molar-refractivity contribution in [2.75, 3.05) is 32.7 Å². The van der Waals surface area contributed by atoms with Crippen molar-refractivity contribution in [2.24, 2.45) is 0 Å². The van der Waals surface area contributed by atoms with Gasteiger partial charge in [0.25, 0.3) is 0 Å². The number of rotatable bonds is 5. The summed E-state index contributed by atoms with van der Waals surface area (Å²) in [7, 11) is 0. The summed E-state index contributed by atoms with van der Waals surface area (Å²) in [5.41, 5.74) is 2.57. The molecule has 0 spiro atoms. The maximum absolute atomic E-state index is 12.7. The van der Waals surface area contributed by atoms with Crippen LogP contribution in [0, 0.1) is 6.92 Å². The second-order valence-corrected chi connectivity index (χ2v) is 8.19. The van der Waals surface area contributed by atoms with Crippen LogP contribution in [0.25, 0.3) is 0 Å². The number of nitrogens with zero attached hydrogens (tertiary/aromatic N) is 4. The molecule has 2 saturated heterocycles. The summed E-state index contributed by atoms with van der Waals surface area (Å²) >= 11 is 0. The fourth-order valence-corrected chi connectivity index (χ4v) is 4.27. The Labute approximate surface area is 167 Å². The molecule has 1 atom stereocenters. The molecule has 1 aromatic heterocycles. The molecular weight excluding hydrogens is 350 g/mol. The minimum absolute atomic E-state index is 0.0918. The average Bonchev–Trinajstić information content (AvgIpc) is 3.37. The van der Waals surface area contributed by atoms with Gasteiger partial charge in [-0.1, -0.05) is 30.3 Å². The first-order valence-corrected chi connectivity index (χ1v) is 10.5. The Hall–Kier alpha value is -2.34. The van der Waals surface area contributed by atoms with Crippen LogP contribution in [-0.2, 0) is 6.42 Å². The highest BCUT2D eigenvalue weighted by Crippen LogP contribution is 2.21. The van der Waals surface area contributed by atoms with Gasteiger partial charge in [-0.15, -0.1) is 0 Å². The highest BCUT2D eigenvalue weighted by Gasteiger charge is 2.29. The van der Waals surface area contributed by atoms with Crippen LogP contribution < -0.4 is 5.32 Å². The molecule has 150 valence electrons. The molecular formula is C22H31N5O. The molecule has 1 N–H and O–H groups in total. The molecule has 0 saturated carbocycles. The summed E-state index contributed by atoms with van der Waals surface area (Å²) in [6.45, 7) is 6.84. The molecule has 2 aliphatic heterocycles. The van der Waals surface area contributed by atoms with Gasteiger partial charge in [0.1, 0.15) is 0 Å². The van der Waals surface area contributed by atoms with E-state index in [2.05, 4.69) is 58.8 Å². The molecule has 1 aromatic carbocycles. The van der Waals surface area contributed by atoms with Crippen LogP contribution in [0.1, 0.15) is 36.4 Å². The molecule has 3 heterocycles. The standard InChI is InChI=1S/C22H31N5O/c1-18-15-23-27(16-18)21-10-14-26(17-21)22(28)24-20-8-12-25(13-9-20)11-7-19-5-3-2-4-6-19/h2-6,15-16,20-21H,7-14,17H2,1H3,(H,24,28). The molecule has 6 nitrogen and oxygen atoms in total. The fraction of sp³-hybridized carbons (Fsp3) is 0.545. The first kappa shape index (κ1) is 19.0. The molecule has 1 unspecified atom stereocenters. The van der Waals surface area contributed by atoms with Gasteiger partial charge < -0.3 is 15.1 Å². The zero-order valence-electron chi connectivity index (χ0n) is 16.8. The van der Waals surface area contributed by atoms with Crippen LogP contribution in [0.2, 0.25) is 0 Å². The van der Waals surface area contributed by atoms with E-state index in [0.717, 1.165) is 58.4 Å². The molecule has 2 aliphatic rings. The van der Waals surface area contributed by atoms with Crippen molar-refractivity contribution < 1.29 is 4.79 Å². The molecule has 4 rings (SSSR count). The van der Waals surface area contributed by atoms with Crippen LogP contribution in [0.4, 0.5) is 4.79 Å². The summed E-state index contributed by atoms with van der Waals surface area (Å²) in [5.74, 6) is 0. The summed E-state index contributed by atoms with van der Waals surface area (Å²) in [6.07, 6.45) is 8.10. The van der Waals surface area contributed by atoms with Crippen molar-refractivity contribution >= 4 is 6.03 Å². The Bertz CT molecular complexity index is 766. The Kier molecular flexibility index (Phi) is 5.95. The highest BCUT2D eigenvalue weighted by atomic mass is 16.2. The number of benzene rings is 1. The number of amides is 2. The molecule has 0 radical (unpaired) electrons.